The summed E-state index contributed by atoms with van der Waals surface area (Å²) in [4.78, 5) is 132. The molecule has 402 valence electrons. The number of hydrogen-bond donors (Lipinski definition) is 11. The van der Waals surface area contributed by atoms with E-state index in [1.165, 1.54) is 6.92 Å². The van der Waals surface area contributed by atoms with Crippen molar-refractivity contribution in [3.8, 4) is 0 Å². The monoisotopic (exact) mass is 1050 g/mol. The summed E-state index contributed by atoms with van der Waals surface area (Å²) in [6.45, 7) is 0.892. The Morgan fingerprint density at radius 3 is 2.03 bits per heavy atom. The molecule has 0 radical (unpaired) electrons. The van der Waals surface area contributed by atoms with Crippen molar-refractivity contribution in [2.24, 2.45) is 16.5 Å². The largest absolute Gasteiger partial charge is 0.370 e. The van der Waals surface area contributed by atoms with Gasteiger partial charge in [0.15, 0.2) is 11.7 Å². The van der Waals surface area contributed by atoms with Crippen LogP contribution in [0.1, 0.15) is 96.6 Å². The van der Waals surface area contributed by atoms with E-state index in [-0.39, 0.29) is 98.7 Å². The summed E-state index contributed by atoms with van der Waals surface area (Å²) >= 11 is 1.79. The zero-order valence-corrected chi connectivity index (χ0v) is 42.7. The predicted molar refractivity (Wildman–Crippen MR) is 282 cm³/mol. The molecule has 13 N–H and O–H groups in total. The van der Waals surface area contributed by atoms with Crippen molar-refractivity contribution in [3.05, 3.63) is 107 Å². The Morgan fingerprint density at radius 1 is 0.680 bits per heavy atom. The number of fused-ring (bicyclic) bond motifs is 1. The molecule has 0 unspecified atom stereocenters. The van der Waals surface area contributed by atoms with Gasteiger partial charge in [0.05, 0.1) is 31.2 Å². The standard InChI is InChI=1S/C52H68N12O10S/c1-32(59-44(68)29-58-43(67)28-57-42(66)20-9-8-19-41-45-40(31-75-41)63-52(74)64-45)47(70)61-38(18-12-26-56-51(53)54)49(72)62-39(27-33-13-4-2-5-14-33)50(73)60-37(30-65)17-10-11-25-55-48(71)36-23-21-35(22-24-36)46(69)34-15-6-3-7-16-34/h2-7,13-16,21-24,30,32,37-41,45H,8-12,17-20,25-29,31H2,1H3,(H,55,71)(H,57,66)(H,58,67)(H,59,68)(H,60,73)(H,61,70)(H,62,72)(H4,53,54,56)(H2,63,64,74)/t32-,37-,38-,39-,40+,41+,45+/m0/s1. The molecule has 0 aromatic heterocycles. The maximum Gasteiger partial charge on any atom is 0.315 e. The highest BCUT2D eigenvalue weighted by atomic mass is 32.2. The Bertz CT molecular complexity index is 2480. The molecule has 9 amide bonds. The third-order valence-electron chi connectivity index (χ3n) is 12.4. The Hall–Kier alpha value is -7.82. The van der Waals surface area contributed by atoms with Crippen molar-refractivity contribution < 1.29 is 47.9 Å². The fourth-order valence-corrected chi connectivity index (χ4v) is 9.86. The number of urea groups is 1. The lowest BCUT2D eigenvalue weighted by Gasteiger charge is -2.25. The van der Waals surface area contributed by atoms with Gasteiger partial charge in [0.2, 0.25) is 35.4 Å². The zero-order valence-electron chi connectivity index (χ0n) is 41.9. The number of hydrogen-bond acceptors (Lipinski definition) is 12. The number of nitrogens with one attached hydrogen (secondary N) is 9. The Labute approximate surface area is 439 Å². The number of thioether (sulfide) groups is 1. The normalized spacial score (nSPS) is 16.9. The Balaban J connectivity index is 1.06. The molecular formula is C52H68N12O10S. The number of guanidine groups is 1. The van der Waals surface area contributed by atoms with E-state index in [0.717, 1.165) is 18.6 Å². The van der Waals surface area contributed by atoms with Gasteiger partial charge in [0, 0.05) is 53.6 Å². The summed E-state index contributed by atoms with van der Waals surface area (Å²) < 4.78 is 0. The average molecular weight is 1050 g/mol. The first-order chi connectivity index (χ1) is 36.1. The number of aldehydes is 1. The first kappa shape index (κ1) is 58.1. The number of nitrogens with two attached hydrogens (primary N) is 2. The minimum Gasteiger partial charge on any atom is -0.370 e. The number of benzene rings is 3. The first-order valence-electron chi connectivity index (χ1n) is 25.0. The molecule has 2 fully saturated rings. The molecule has 3 aromatic rings. The third-order valence-corrected chi connectivity index (χ3v) is 13.9. The predicted octanol–water partition coefficient (Wildman–Crippen LogP) is 0.230. The van der Waals surface area contributed by atoms with Crippen LogP contribution in [-0.2, 0) is 40.0 Å². The number of rotatable bonds is 31. The quantitative estimate of drug-likeness (QED) is 0.0103. The lowest BCUT2D eigenvalue weighted by atomic mass is 10.0. The fourth-order valence-electron chi connectivity index (χ4n) is 8.32. The van der Waals surface area contributed by atoms with E-state index in [1.54, 1.807) is 90.6 Å². The van der Waals surface area contributed by atoms with Crippen LogP contribution in [0.25, 0.3) is 0 Å². The molecule has 23 heteroatoms. The van der Waals surface area contributed by atoms with Crippen molar-refractivity contribution >= 4 is 77.2 Å². The van der Waals surface area contributed by atoms with E-state index in [0.29, 0.717) is 47.8 Å². The van der Waals surface area contributed by atoms with Gasteiger partial charge < -0.3 is 64.1 Å². The summed E-state index contributed by atoms with van der Waals surface area (Å²) in [6.07, 6.45) is 4.42. The van der Waals surface area contributed by atoms with Gasteiger partial charge in [-0.3, -0.25) is 43.3 Å². The third kappa shape index (κ3) is 19.9. The second kappa shape index (κ2) is 30.4. The van der Waals surface area contributed by atoms with Crippen LogP contribution in [0.5, 0.6) is 0 Å². The summed E-state index contributed by atoms with van der Waals surface area (Å²) in [5.74, 6) is -3.66. The minimum atomic E-state index is -1.24. The highest BCUT2D eigenvalue weighted by Crippen LogP contribution is 2.33. The highest BCUT2D eigenvalue weighted by Gasteiger charge is 2.42. The van der Waals surface area contributed by atoms with Gasteiger partial charge in [-0.25, -0.2) is 4.79 Å². The summed E-state index contributed by atoms with van der Waals surface area (Å²) in [5, 5.41) is 24.4. The molecule has 5 rings (SSSR count). The van der Waals surface area contributed by atoms with Gasteiger partial charge in [-0.2, -0.15) is 11.8 Å². The molecular weight excluding hydrogens is 985 g/mol. The van der Waals surface area contributed by atoms with Crippen LogP contribution in [0.15, 0.2) is 89.9 Å². The maximum atomic E-state index is 14.0. The number of nitrogens with zero attached hydrogens (tertiary/aromatic N) is 1. The van der Waals surface area contributed by atoms with E-state index in [4.69, 9.17) is 11.5 Å². The Morgan fingerprint density at radius 2 is 1.32 bits per heavy atom. The van der Waals surface area contributed by atoms with E-state index < -0.39 is 60.2 Å². The molecule has 3 aromatic carbocycles. The fraction of sp³-hybridized carbons (Fsp3) is 0.442. The molecule has 2 aliphatic heterocycles. The molecule has 75 heavy (non-hydrogen) atoms. The van der Waals surface area contributed by atoms with Crippen LogP contribution in [0.4, 0.5) is 4.79 Å². The van der Waals surface area contributed by atoms with Crippen molar-refractivity contribution in [1.82, 2.24) is 47.9 Å². The van der Waals surface area contributed by atoms with Gasteiger partial charge in [0.1, 0.15) is 24.4 Å². The Kier molecular flexibility index (Phi) is 23.5. The average Bonchev–Trinajstić information content (AvgIpc) is 3.97. The maximum absolute atomic E-state index is 14.0. The van der Waals surface area contributed by atoms with Crippen LogP contribution < -0.4 is 59.3 Å². The summed E-state index contributed by atoms with van der Waals surface area (Å²) in [6, 6.07) is 19.5. The van der Waals surface area contributed by atoms with Crippen LogP contribution in [0, 0.1) is 0 Å². The number of aliphatic imine (C=N–C) groups is 1. The molecule has 0 spiro atoms. The van der Waals surface area contributed by atoms with E-state index >= 15 is 0 Å². The molecule has 2 aliphatic rings. The van der Waals surface area contributed by atoms with Gasteiger partial charge >= 0.3 is 6.03 Å². The second-order valence-electron chi connectivity index (χ2n) is 18.2. The van der Waals surface area contributed by atoms with Crippen molar-refractivity contribution in [2.45, 2.75) is 113 Å². The van der Waals surface area contributed by atoms with Crippen LogP contribution in [0.2, 0.25) is 0 Å². The molecule has 2 saturated heterocycles. The summed E-state index contributed by atoms with van der Waals surface area (Å²) in [7, 11) is 0. The van der Waals surface area contributed by atoms with Crippen molar-refractivity contribution in [2.75, 3.05) is 31.9 Å². The number of amides is 9. The lowest BCUT2D eigenvalue weighted by Crippen LogP contribution is -2.57. The smallest absolute Gasteiger partial charge is 0.315 e. The van der Waals surface area contributed by atoms with Crippen LogP contribution in [-0.4, -0.2) is 139 Å². The number of carbonyl (C=O) groups excluding carboxylic acids is 10. The molecule has 0 saturated carbocycles. The molecule has 7 atom stereocenters. The van der Waals surface area contributed by atoms with Gasteiger partial charge in [-0.15, -0.1) is 0 Å². The number of carbonyl (C=O) groups is 10. The van der Waals surface area contributed by atoms with Crippen LogP contribution in [0.3, 0.4) is 0 Å². The van der Waals surface area contributed by atoms with E-state index in [1.807, 2.05) is 6.07 Å². The lowest BCUT2D eigenvalue weighted by molar-refractivity contribution is -0.134. The van der Waals surface area contributed by atoms with Gasteiger partial charge in [0.25, 0.3) is 5.91 Å². The highest BCUT2D eigenvalue weighted by molar-refractivity contribution is 8.00. The SMILES string of the molecule is C[C@H](NC(=O)CNC(=O)CNC(=O)CCCC[C@H]1SC[C@H]2NC(=O)N[C@H]21)C(=O)N[C@@H](CCCN=C(N)N)C(=O)N[C@@H](Cc1ccccc1)C(=O)N[C@H](C=O)CCCCNC(=O)c1ccc(C(=O)c2ccccc2)cc1. The van der Waals surface area contributed by atoms with E-state index in [2.05, 4.69) is 52.8 Å². The molecule has 0 aliphatic carbocycles. The van der Waals surface area contributed by atoms with Crippen molar-refractivity contribution in [3.63, 3.8) is 0 Å². The topological polar surface area (TPSA) is 343 Å². The zero-order chi connectivity index (χ0) is 54.1. The van der Waals surface area contributed by atoms with Gasteiger partial charge in [-0.05, 0) is 69.6 Å². The van der Waals surface area contributed by atoms with Crippen molar-refractivity contribution in [1.29, 1.82) is 0 Å². The molecule has 0 bridgehead atoms. The molecule has 2 heterocycles. The second-order valence-corrected chi connectivity index (χ2v) is 19.5. The van der Waals surface area contributed by atoms with E-state index in [9.17, 15) is 47.9 Å². The summed E-state index contributed by atoms with van der Waals surface area (Å²) in [5.41, 5.74) is 13.0. The number of ketones is 1. The first-order valence-corrected chi connectivity index (χ1v) is 26.1. The molecule has 22 nitrogen and oxygen atoms in total. The number of unbranched alkanes of at least 4 members (excludes halogenated alkanes) is 2. The van der Waals surface area contributed by atoms with Crippen LogP contribution >= 0.6 is 11.8 Å². The minimum absolute atomic E-state index is 0.0149. The van der Waals surface area contributed by atoms with Gasteiger partial charge in [-0.1, -0.05) is 79.2 Å².